The summed E-state index contributed by atoms with van der Waals surface area (Å²) in [6.45, 7) is 2.91. The third-order valence-corrected chi connectivity index (χ3v) is 4.88. The standard InChI is InChI=1S/C20H29N3O6/c1-12(2)20(28)22-9-17(25)21-10-18(26)23-11-16(24)19(27)15(23)8-13-4-6-14(29-3)7-5-13/h4-7,12,15-16,19,24,27H,8-11H2,1-3H3,(H,21,25)(H,22,28)/t15-,16+,19+/m1/s1. The minimum Gasteiger partial charge on any atom is -0.497 e. The highest BCUT2D eigenvalue weighted by Gasteiger charge is 2.42. The van der Waals surface area contributed by atoms with Crippen LogP contribution < -0.4 is 15.4 Å². The molecule has 9 heteroatoms. The maximum atomic E-state index is 12.6. The van der Waals surface area contributed by atoms with Crippen molar-refractivity contribution in [3.05, 3.63) is 29.8 Å². The molecule has 3 amide bonds. The van der Waals surface area contributed by atoms with Gasteiger partial charge in [-0.25, -0.2) is 0 Å². The normalized spacial score (nSPS) is 21.2. The van der Waals surface area contributed by atoms with Crippen molar-refractivity contribution in [2.75, 3.05) is 26.7 Å². The lowest BCUT2D eigenvalue weighted by molar-refractivity contribution is -0.134. The first-order valence-electron chi connectivity index (χ1n) is 9.55. The van der Waals surface area contributed by atoms with Crippen LogP contribution in [0.3, 0.4) is 0 Å². The van der Waals surface area contributed by atoms with Crippen LogP contribution >= 0.6 is 0 Å². The number of nitrogens with zero attached hydrogens (tertiary/aromatic N) is 1. The quantitative estimate of drug-likeness (QED) is 0.440. The third kappa shape index (κ3) is 6.16. The van der Waals surface area contributed by atoms with Gasteiger partial charge in [0.2, 0.25) is 17.7 Å². The van der Waals surface area contributed by atoms with E-state index in [4.69, 9.17) is 4.74 Å². The van der Waals surface area contributed by atoms with E-state index in [1.54, 1.807) is 33.1 Å². The van der Waals surface area contributed by atoms with Crippen molar-refractivity contribution >= 4 is 17.7 Å². The molecule has 0 bridgehead atoms. The molecule has 0 radical (unpaired) electrons. The van der Waals surface area contributed by atoms with E-state index in [-0.39, 0.29) is 31.5 Å². The Morgan fingerprint density at radius 3 is 2.38 bits per heavy atom. The number of ether oxygens (including phenoxy) is 1. The summed E-state index contributed by atoms with van der Waals surface area (Å²) in [5, 5.41) is 25.3. The van der Waals surface area contributed by atoms with E-state index in [0.717, 1.165) is 5.56 Å². The van der Waals surface area contributed by atoms with E-state index in [1.807, 2.05) is 12.1 Å². The summed E-state index contributed by atoms with van der Waals surface area (Å²) < 4.78 is 5.12. The lowest BCUT2D eigenvalue weighted by atomic mass is 10.0. The van der Waals surface area contributed by atoms with Gasteiger partial charge in [-0.3, -0.25) is 14.4 Å². The molecule has 29 heavy (non-hydrogen) atoms. The summed E-state index contributed by atoms with van der Waals surface area (Å²) in [4.78, 5) is 37.3. The second-order valence-electron chi connectivity index (χ2n) is 7.37. The van der Waals surface area contributed by atoms with Gasteiger partial charge in [0.1, 0.15) is 11.9 Å². The van der Waals surface area contributed by atoms with Gasteiger partial charge in [-0.15, -0.1) is 0 Å². The molecule has 3 atom stereocenters. The number of nitrogens with one attached hydrogen (secondary N) is 2. The van der Waals surface area contributed by atoms with Crippen molar-refractivity contribution in [3.8, 4) is 5.75 Å². The van der Waals surface area contributed by atoms with Crippen LogP contribution in [0.15, 0.2) is 24.3 Å². The molecule has 160 valence electrons. The van der Waals surface area contributed by atoms with Crippen molar-refractivity contribution in [2.45, 2.75) is 38.5 Å². The fraction of sp³-hybridized carbons (Fsp3) is 0.550. The molecule has 1 aliphatic heterocycles. The number of benzene rings is 1. The Hall–Kier alpha value is -2.65. The average molecular weight is 407 g/mol. The molecule has 9 nitrogen and oxygen atoms in total. The summed E-state index contributed by atoms with van der Waals surface area (Å²) in [5.41, 5.74) is 0.877. The summed E-state index contributed by atoms with van der Waals surface area (Å²) in [6.07, 6.45) is -1.78. The van der Waals surface area contributed by atoms with Crippen molar-refractivity contribution in [1.29, 1.82) is 0 Å². The zero-order valence-corrected chi connectivity index (χ0v) is 16.9. The predicted molar refractivity (Wildman–Crippen MR) is 105 cm³/mol. The summed E-state index contributed by atoms with van der Waals surface area (Å²) in [6, 6.07) is 6.62. The number of amides is 3. The fourth-order valence-corrected chi connectivity index (χ4v) is 3.12. The first-order valence-corrected chi connectivity index (χ1v) is 9.55. The van der Waals surface area contributed by atoms with Crippen LogP contribution in [0.1, 0.15) is 19.4 Å². The Balaban J connectivity index is 1.92. The molecule has 0 aromatic heterocycles. The van der Waals surface area contributed by atoms with Gasteiger partial charge in [0.15, 0.2) is 0 Å². The van der Waals surface area contributed by atoms with Gasteiger partial charge in [-0.05, 0) is 24.1 Å². The molecule has 0 saturated carbocycles. The minimum atomic E-state index is -1.08. The Kier molecular flexibility index (Phi) is 7.98. The van der Waals surface area contributed by atoms with Crippen molar-refractivity contribution < 1.29 is 29.3 Å². The molecule has 0 aliphatic carbocycles. The highest BCUT2D eigenvalue weighted by molar-refractivity contribution is 5.88. The molecule has 1 aromatic rings. The first-order chi connectivity index (χ1) is 13.7. The second-order valence-corrected chi connectivity index (χ2v) is 7.37. The van der Waals surface area contributed by atoms with Gasteiger partial charge in [0.25, 0.3) is 0 Å². The molecule has 1 heterocycles. The van der Waals surface area contributed by atoms with E-state index in [9.17, 15) is 24.6 Å². The molecule has 0 unspecified atom stereocenters. The summed E-state index contributed by atoms with van der Waals surface area (Å²) >= 11 is 0. The van der Waals surface area contributed by atoms with Crippen LogP contribution in [0.5, 0.6) is 5.75 Å². The maximum absolute atomic E-state index is 12.6. The number of carbonyl (C=O) groups is 3. The molecule has 1 fully saturated rings. The molecular weight excluding hydrogens is 378 g/mol. The number of aliphatic hydroxyl groups is 2. The molecular formula is C20H29N3O6. The van der Waals surface area contributed by atoms with Crippen LogP contribution in [0.25, 0.3) is 0 Å². The number of rotatable bonds is 8. The van der Waals surface area contributed by atoms with E-state index in [0.29, 0.717) is 12.2 Å². The van der Waals surface area contributed by atoms with Gasteiger partial charge in [-0.2, -0.15) is 0 Å². The Bertz CT molecular complexity index is 721. The van der Waals surface area contributed by atoms with Crippen LogP contribution in [0.2, 0.25) is 0 Å². The van der Waals surface area contributed by atoms with Crippen LogP contribution in [0.4, 0.5) is 0 Å². The van der Waals surface area contributed by atoms with Gasteiger partial charge in [0, 0.05) is 12.5 Å². The van der Waals surface area contributed by atoms with E-state index in [1.165, 1.54) is 4.90 Å². The molecule has 2 rings (SSSR count). The van der Waals surface area contributed by atoms with E-state index >= 15 is 0 Å². The summed E-state index contributed by atoms with van der Waals surface area (Å²) in [7, 11) is 1.56. The SMILES string of the molecule is COc1ccc(C[C@@H]2[C@H](O)[C@@H](O)CN2C(=O)CNC(=O)CNC(=O)C(C)C)cc1. The largest absolute Gasteiger partial charge is 0.497 e. The van der Waals surface area contributed by atoms with Gasteiger partial charge in [-0.1, -0.05) is 26.0 Å². The van der Waals surface area contributed by atoms with Crippen LogP contribution in [-0.2, 0) is 20.8 Å². The minimum absolute atomic E-state index is 0.0131. The lowest BCUT2D eigenvalue weighted by Crippen LogP contribution is -2.47. The number of hydrogen-bond acceptors (Lipinski definition) is 6. The van der Waals surface area contributed by atoms with Crippen molar-refractivity contribution in [3.63, 3.8) is 0 Å². The van der Waals surface area contributed by atoms with Gasteiger partial charge < -0.3 is 30.5 Å². The highest BCUT2D eigenvalue weighted by atomic mass is 16.5. The molecule has 1 aromatic carbocycles. The zero-order chi connectivity index (χ0) is 21.6. The van der Waals surface area contributed by atoms with Crippen molar-refractivity contribution in [1.82, 2.24) is 15.5 Å². The van der Waals surface area contributed by atoms with E-state index in [2.05, 4.69) is 10.6 Å². The Morgan fingerprint density at radius 1 is 1.14 bits per heavy atom. The number of hydrogen-bond donors (Lipinski definition) is 4. The van der Waals surface area contributed by atoms with Crippen molar-refractivity contribution in [2.24, 2.45) is 5.92 Å². The monoisotopic (exact) mass is 407 g/mol. The number of carbonyl (C=O) groups excluding carboxylic acids is 3. The molecule has 0 spiro atoms. The van der Waals surface area contributed by atoms with Crippen LogP contribution in [0, 0.1) is 5.92 Å². The Labute approximate surface area is 170 Å². The van der Waals surface area contributed by atoms with E-state index < -0.39 is 30.1 Å². The zero-order valence-electron chi connectivity index (χ0n) is 16.9. The van der Waals surface area contributed by atoms with Gasteiger partial charge >= 0.3 is 0 Å². The lowest BCUT2D eigenvalue weighted by Gasteiger charge is -2.26. The first kappa shape index (κ1) is 22.6. The summed E-state index contributed by atoms with van der Waals surface area (Å²) in [5.74, 6) is -0.699. The number of β-amino-alcohol motifs (C(OH)–C–C–N with tert-alkyl or cyclic N) is 1. The molecule has 1 saturated heterocycles. The smallest absolute Gasteiger partial charge is 0.242 e. The fourth-order valence-electron chi connectivity index (χ4n) is 3.12. The third-order valence-electron chi connectivity index (χ3n) is 4.88. The number of likely N-dealkylation sites (tertiary alicyclic amines) is 1. The second kappa shape index (κ2) is 10.2. The predicted octanol–water partition coefficient (Wildman–Crippen LogP) is -0.941. The van der Waals surface area contributed by atoms with Gasteiger partial charge in [0.05, 0.1) is 32.3 Å². The number of aliphatic hydroxyl groups excluding tert-OH is 2. The Morgan fingerprint density at radius 2 is 1.79 bits per heavy atom. The average Bonchev–Trinajstić information content (AvgIpc) is 2.99. The molecule has 4 N–H and O–H groups in total. The highest BCUT2D eigenvalue weighted by Crippen LogP contribution is 2.23. The van der Waals surface area contributed by atoms with Crippen LogP contribution in [-0.4, -0.2) is 77.8 Å². The molecule has 1 aliphatic rings. The number of methoxy groups -OCH3 is 1. The topological polar surface area (TPSA) is 128 Å². The maximum Gasteiger partial charge on any atom is 0.242 e.